The molecule has 0 amide bonds. The van der Waals surface area contributed by atoms with E-state index in [1.807, 2.05) is 30.3 Å². The molecule has 1 aromatic carbocycles. The first-order valence-corrected chi connectivity index (χ1v) is 7.47. The lowest BCUT2D eigenvalue weighted by Gasteiger charge is -2.11. The number of furan rings is 1. The molecule has 0 saturated carbocycles. The minimum atomic E-state index is -0.889. The van der Waals surface area contributed by atoms with Crippen molar-refractivity contribution in [1.29, 1.82) is 0 Å². The van der Waals surface area contributed by atoms with Gasteiger partial charge in [-0.25, -0.2) is 4.68 Å². The van der Waals surface area contributed by atoms with Gasteiger partial charge in [-0.1, -0.05) is 18.2 Å². The van der Waals surface area contributed by atoms with Crippen molar-refractivity contribution in [2.75, 3.05) is 0 Å². The van der Waals surface area contributed by atoms with Crippen LogP contribution in [0.1, 0.15) is 17.6 Å². The zero-order valence-corrected chi connectivity index (χ0v) is 13.4. The van der Waals surface area contributed by atoms with Gasteiger partial charge in [-0.3, -0.25) is 0 Å². The van der Waals surface area contributed by atoms with E-state index in [1.165, 1.54) is 0 Å². The quantitative estimate of drug-likeness (QED) is 0.724. The van der Waals surface area contributed by atoms with Crippen LogP contribution in [0.25, 0.3) is 5.69 Å². The largest absolute Gasteiger partial charge is 0.450 e. The zero-order chi connectivity index (χ0) is 14.1. The minimum absolute atomic E-state index is 0.446. The molecule has 0 aliphatic heterocycles. The summed E-state index contributed by atoms with van der Waals surface area (Å²) in [6.45, 7) is 0. The minimum Gasteiger partial charge on any atom is -0.450 e. The van der Waals surface area contributed by atoms with Gasteiger partial charge in [-0.05, 0) is 56.1 Å². The SMILES string of the molecule is OC(c1cc(Br)c(Br)o1)c1ccnn1-c1ccccc1. The number of benzene rings is 1. The van der Waals surface area contributed by atoms with Crippen LogP contribution in [-0.2, 0) is 0 Å². The molecule has 1 N–H and O–H groups in total. The number of halogens is 2. The van der Waals surface area contributed by atoms with E-state index in [0.717, 1.165) is 10.2 Å². The average Bonchev–Trinajstić information content (AvgIpc) is 3.07. The summed E-state index contributed by atoms with van der Waals surface area (Å²) in [6, 6.07) is 13.1. The van der Waals surface area contributed by atoms with Crippen LogP contribution in [0.15, 0.2) is 62.2 Å². The van der Waals surface area contributed by atoms with E-state index in [-0.39, 0.29) is 0 Å². The first-order chi connectivity index (χ1) is 9.66. The Morgan fingerprint density at radius 2 is 1.90 bits per heavy atom. The summed E-state index contributed by atoms with van der Waals surface area (Å²) in [5.74, 6) is 0.446. The Hall–Kier alpha value is -1.37. The molecule has 3 rings (SSSR count). The van der Waals surface area contributed by atoms with Crippen molar-refractivity contribution >= 4 is 31.9 Å². The van der Waals surface area contributed by atoms with E-state index in [2.05, 4.69) is 37.0 Å². The van der Waals surface area contributed by atoms with Gasteiger partial charge in [0.05, 0.1) is 15.9 Å². The van der Waals surface area contributed by atoms with Crippen LogP contribution in [0.3, 0.4) is 0 Å². The topological polar surface area (TPSA) is 51.2 Å². The second-order valence-electron chi connectivity index (χ2n) is 4.18. The van der Waals surface area contributed by atoms with E-state index >= 15 is 0 Å². The summed E-state index contributed by atoms with van der Waals surface area (Å²) in [5, 5.41) is 14.7. The zero-order valence-electron chi connectivity index (χ0n) is 10.2. The predicted molar refractivity (Wildman–Crippen MR) is 81.7 cm³/mol. The van der Waals surface area contributed by atoms with Gasteiger partial charge in [-0.15, -0.1) is 0 Å². The van der Waals surface area contributed by atoms with Crippen LogP contribution in [-0.4, -0.2) is 14.9 Å². The van der Waals surface area contributed by atoms with Crippen LogP contribution in [0, 0.1) is 0 Å². The molecule has 1 atom stereocenters. The molecule has 0 saturated heterocycles. The highest BCUT2D eigenvalue weighted by Crippen LogP contribution is 2.32. The molecule has 3 aromatic rings. The third kappa shape index (κ3) is 2.46. The number of para-hydroxylation sites is 1. The van der Waals surface area contributed by atoms with Gasteiger partial charge in [0.1, 0.15) is 5.76 Å². The Morgan fingerprint density at radius 3 is 2.55 bits per heavy atom. The molecular weight excluding hydrogens is 388 g/mol. The Kier molecular flexibility index (Phi) is 3.78. The van der Waals surface area contributed by atoms with Crippen LogP contribution < -0.4 is 0 Å². The van der Waals surface area contributed by atoms with E-state index in [1.54, 1.807) is 23.0 Å². The van der Waals surface area contributed by atoms with Crippen molar-refractivity contribution in [3.63, 3.8) is 0 Å². The van der Waals surface area contributed by atoms with Crippen molar-refractivity contribution in [1.82, 2.24) is 9.78 Å². The van der Waals surface area contributed by atoms with Crippen LogP contribution >= 0.6 is 31.9 Å². The van der Waals surface area contributed by atoms with Gasteiger partial charge in [0.25, 0.3) is 0 Å². The third-order valence-corrected chi connectivity index (χ3v) is 4.60. The standard InChI is InChI=1S/C14H10Br2N2O2/c15-10-8-12(20-14(10)16)13(19)11-6-7-17-18(11)9-4-2-1-3-5-9/h1-8,13,19H. The summed E-state index contributed by atoms with van der Waals surface area (Å²) >= 11 is 6.60. The fourth-order valence-electron chi connectivity index (χ4n) is 1.95. The number of aromatic nitrogens is 2. The molecule has 6 heteroatoms. The summed E-state index contributed by atoms with van der Waals surface area (Å²) in [7, 11) is 0. The summed E-state index contributed by atoms with van der Waals surface area (Å²) in [4.78, 5) is 0. The Labute approximate surface area is 132 Å². The average molecular weight is 398 g/mol. The van der Waals surface area contributed by atoms with Crippen LogP contribution in [0.5, 0.6) is 0 Å². The second-order valence-corrected chi connectivity index (χ2v) is 5.75. The maximum Gasteiger partial charge on any atom is 0.183 e. The van der Waals surface area contributed by atoms with E-state index in [9.17, 15) is 5.11 Å². The number of hydrogen-bond donors (Lipinski definition) is 1. The molecule has 0 aliphatic rings. The van der Waals surface area contributed by atoms with Crippen molar-refractivity contribution < 1.29 is 9.52 Å². The van der Waals surface area contributed by atoms with Gasteiger partial charge in [-0.2, -0.15) is 5.10 Å². The van der Waals surface area contributed by atoms with Crippen molar-refractivity contribution in [2.45, 2.75) is 6.10 Å². The number of hydrogen-bond acceptors (Lipinski definition) is 3. The Balaban J connectivity index is 2.01. The highest BCUT2D eigenvalue weighted by molar-refractivity contribution is 9.13. The molecule has 20 heavy (non-hydrogen) atoms. The number of rotatable bonds is 3. The lowest BCUT2D eigenvalue weighted by Crippen LogP contribution is -2.07. The first kappa shape index (κ1) is 13.6. The first-order valence-electron chi connectivity index (χ1n) is 5.89. The van der Waals surface area contributed by atoms with E-state index in [4.69, 9.17) is 4.42 Å². The van der Waals surface area contributed by atoms with E-state index in [0.29, 0.717) is 16.1 Å². The molecule has 0 bridgehead atoms. The van der Waals surface area contributed by atoms with Crippen molar-refractivity contribution in [2.24, 2.45) is 0 Å². The number of nitrogens with zero attached hydrogens (tertiary/aromatic N) is 2. The summed E-state index contributed by atoms with van der Waals surface area (Å²) in [5.41, 5.74) is 1.53. The molecule has 0 spiro atoms. The molecule has 102 valence electrons. The van der Waals surface area contributed by atoms with Crippen LogP contribution in [0.4, 0.5) is 0 Å². The molecule has 2 heterocycles. The fourth-order valence-corrected chi connectivity index (χ4v) is 2.56. The third-order valence-electron chi connectivity index (χ3n) is 2.89. The monoisotopic (exact) mass is 396 g/mol. The van der Waals surface area contributed by atoms with Crippen LogP contribution in [0.2, 0.25) is 0 Å². The Morgan fingerprint density at radius 1 is 1.15 bits per heavy atom. The highest BCUT2D eigenvalue weighted by atomic mass is 79.9. The van der Waals surface area contributed by atoms with Gasteiger partial charge in [0, 0.05) is 6.20 Å². The lowest BCUT2D eigenvalue weighted by molar-refractivity contribution is 0.180. The molecule has 1 unspecified atom stereocenters. The van der Waals surface area contributed by atoms with E-state index < -0.39 is 6.10 Å². The van der Waals surface area contributed by atoms with Crippen molar-refractivity contribution in [3.8, 4) is 5.69 Å². The van der Waals surface area contributed by atoms with Crippen molar-refractivity contribution in [3.05, 3.63) is 69.3 Å². The molecular formula is C14H10Br2N2O2. The highest BCUT2D eigenvalue weighted by Gasteiger charge is 2.21. The smallest absolute Gasteiger partial charge is 0.183 e. The van der Waals surface area contributed by atoms with Gasteiger partial charge in [0.2, 0.25) is 0 Å². The Bertz CT molecular complexity index is 702. The summed E-state index contributed by atoms with van der Waals surface area (Å²) in [6.07, 6.45) is 0.763. The van der Waals surface area contributed by atoms with Gasteiger partial charge in [0.15, 0.2) is 10.8 Å². The number of aliphatic hydroxyl groups is 1. The second kappa shape index (κ2) is 5.55. The maximum atomic E-state index is 10.5. The molecule has 0 aliphatic carbocycles. The lowest BCUT2D eigenvalue weighted by atomic mass is 10.2. The predicted octanol–water partition coefficient (Wildman–Crippen LogP) is 4.07. The molecule has 0 radical (unpaired) electrons. The maximum absolute atomic E-state index is 10.5. The molecule has 4 nitrogen and oxygen atoms in total. The fraction of sp³-hybridized carbons (Fsp3) is 0.0714. The molecule has 0 fully saturated rings. The van der Waals surface area contributed by atoms with Gasteiger partial charge >= 0.3 is 0 Å². The summed E-state index contributed by atoms with van der Waals surface area (Å²) < 4.78 is 8.47. The van der Waals surface area contributed by atoms with Gasteiger partial charge < -0.3 is 9.52 Å². The molecule has 2 aromatic heterocycles. The normalized spacial score (nSPS) is 12.6. The number of aliphatic hydroxyl groups excluding tert-OH is 1.